The molecule has 4 aromatic rings. The fourth-order valence-corrected chi connectivity index (χ4v) is 6.48. The van der Waals surface area contributed by atoms with Crippen molar-refractivity contribution < 1.29 is 13.2 Å². The Morgan fingerprint density at radius 2 is 1.85 bits per heavy atom. The van der Waals surface area contributed by atoms with E-state index < -0.39 is 10.0 Å². The molecule has 8 nitrogen and oxygen atoms in total. The Hall–Kier alpha value is -3.31. The molecule has 0 unspecified atom stereocenters. The first-order valence-corrected chi connectivity index (χ1v) is 15.4. The smallest absolute Gasteiger partial charge is 0.229 e. The van der Waals surface area contributed by atoms with E-state index in [0.717, 1.165) is 34.6 Å². The Kier molecular flexibility index (Phi) is 7.71. The number of halogens is 2. The highest BCUT2D eigenvalue weighted by Gasteiger charge is 2.42. The molecule has 2 aromatic carbocycles. The average Bonchev–Trinajstić information content (AvgIpc) is 3.40. The molecule has 1 saturated heterocycles. The lowest BCUT2D eigenvalue weighted by Crippen LogP contribution is -2.29. The molecule has 2 atom stereocenters. The van der Waals surface area contributed by atoms with Gasteiger partial charge in [0, 0.05) is 23.3 Å². The second-order valence-electron chi connectivity index (χ2n) is 9.49. The molecule has 1 aliphatic rings. The number of hydrogen-bond acceptors (Lipinski definition) is 5. The SMILES string of the molecule is COc1ccc(N2C(=S)N[C@H](c3ccccn3)[C@H]2c2cc(C)n(-c3cccc(Cl)c3Cl)c2C)cc1NS(C)(=O)=O. The molecule has 40 heavy (non-hydrogen) atoms. The van der Waals surface area contributed by atoms with Crippen molar-refractivity contribution in [2.24, 2.45) is 0 Å². The Morgan fingerprint density at radius 1 is 1.07 bits per heavy atom. The summed E-state index contributed by atoms with van der Waals surface area (Å²) in [6.07, 6.45) is 2.84. The van der Waals surface area contributed by atoms with Gasteiger partial charge in [-0.2, -0.15) is 0 Å². The number of thiocarbonyl (C=S) groups is 1. The number of nitrogens with one attached hydrogen (secondary N) is 2. The molecule has 0 bridgehead atoms. The maximum Gasteiger partial charge on any atom is 0.229 e. The average molecular weight is 617 g/mol. The van der Waals surface area contributed by atoms with Crippen LogP contribution in [-0.4, -0.2) is 36.4 Å². The lowest BCUT2D eigenvalue weighted by atomic mass is 9.96. The molecule has 3 heterocycles. The van der Waals surface area contributed by atoms with Crippen LogP contribution in [0.5, 0.6) is 5.75 Å². The van der Waals surface area contributed by atoms with Gasteiger partial charge in [-0.05, 0) is 80.2 Å². The summed E-state index contributed by atoms with van der Waals surface area (Å²) in [5.41, 5.74) is 5.47. The highest BCUT2D eigenvalue weighted by molar-refractivity contribution is 7.92. The Balaban J connectivity index is 1.70. The van der Waals surface area contributed by atoms with Gasteiger partial charge >= 0.3 is 0 Å². The minimum Gasteiger partial charge on any atom is -0.495 e. The number of ether oxygens (including phenoxy) is 1. The number of hydrogen-bond donors (Lipinski definition) is 2. The Bertz CT molecular complexity index is 1710. The summed E-state index contributed by atoms with van der Waals surface area (Å²) in [6, 6.07) is 18.1. The van der Waals surface area contributed by atoms with Gasteiger partial charge in [0.15, 0.2) is 5.11 Å². The molecule has 208 valence electrons. The van der Waals surface area contributed by atoms with Crippen molar-refractivity contribution in [2.75, 3.05) is 23.0 Å². The topological polar surface area (TPSA) is 88.5 Å². The van der Waals surface area contributed by atoms with Crippen LogP contribution in [0, 0.1) is 13.8 Å². The van der Waals surface area contributed by atoms with Gasteiger partial charge in [-0.15, -0.1) is 0 Å². The van der Waals surface area contributed by atoms with Gasteiger partial charge in [-0.25, -0.2) is 8.42 Å². The van der Waals surface area contributed by atoms with Crippen LogP contribution in [-0.2, 0) is 10.0 Å². The number of methoxy groups -OCH3 is 1. The first-order valence-electron chi connectivity index (χ1n) is 12.3. The number of aromatic nitrogens is 2. The van der Waals surface area contributed by atoms with Gasteiger partial charge in [-0.3, -0.25) is 9.71 Å². The molecule has 1 fully saturated rings. The normalized spacial score (nSPS) is 17.1. The van der Waals surface area contributed by atoms with E-state index in [9.17, 15) is 8.42 Å². The standard InChI is InChI=1S/C28H27Cl2N5O3S2/c1-16-14-19(17(2)34(16)23-10-7-8-20(29)25(23)30)27-26(21-9-5-6-13-31-21)32-28(39)35(27)18-11-12-24(38-3)22(15-18)33-40(4,36)37/h5-15,26-27,33H,1-4H3,(H,32,39)/t26-,27-/m1/s1. The first-order chi connectivity index (χ1) is 19.0. The quantitative estimate of drug-likeness (QED) is 0.234. The van der Waals surface area contributed by atoms with E-state index in [2.05, 4.69) is 25.7 Å². The molecule has 2 aromatic heterocycles. The highest BCUT2D eigenvalue weighted by Crippen LogP contribution is 2.45. The number of anilines is 2. The van der Waals surface area contributed by atoms with Crippen LogP contribution < -0.4 is 19.7 Å². The zero-order chi connectivity index (χ0) is 28.8. The van der Waals surface area contributed by atoms with Crippen molar-refractivity contribution in [1.82, 2.24) is 14.9 Å². The summed E-state index contributed by atoms with van der Waals surface area (Å²) in [5.74, 6) is 0.388. The van der Waals surface area contributed by atoms with E-state index in [0.29, 0.717) is 32.3 Å². The van der Waals surface area contributed by atoms with Crippen LogP contribution in [0.2, 0.25) is 10.0 Å². The van der Waals surface area contributed by atoms with Crippen LogP contribution in [0.4, 0.5) is 11.4 Å². The zero-order valence-electron chi connectivity index (χ0n) is 22.1. The van der Waals surface area contributed by atoms with Gasteiger partial charge in [0.2, 0.25) is 10.0 Å². The predicted molar refractivity (Wildman–Crippen MR) is 165 cm³/mol. The fraction of sp³-hybridized carbons (Fsp3) is 0.214. The third kappa shape index (κ3) is 5.24. The molecule has 0 saturated carbocycles. The van der Waals surface area contributed by atoms with Crippen molar-refractivity contribution in [3.8, 4) is 11.4 Å². The lowest BCUT2D eigenvalue weighted by Gasteiger charge is -2.29. The lowest BCUT2D eigenvalue weighted by molar-refractivity contribution is 0.417. The second-order valence-corrected chi connectivity index (χ2v) is 12.4. The van der Waals surface area contributed by atoms with Gasteiger partial charge < -0.3 is 19.5 Å². The van der Waals surface area contributed by atoms with Gasteiger partial charge in [0.1, 0.15) is 5.75 Å². The minimum absolute atomic E-state index is 0.300. The largest absolute Gasteiger partial charge is 0.495 e. The van der Waals surface area contributed by atoms with Crippen molar-refractivity contribution >= 4 is 61.9 Å². The third-order valence-electron chi connectivity index (χ3n) is 6.82. The van der Waals surface area contributed by atoms with E-state index in [4.69, 9.17) is 40.2 Å². The molecule has 2 N–H and O–H groups in total. The Morgan fingerprint density at radius 3 is 2.52 bits per heavy atom. The molecule has 0 radical (unpaired) electrons. The van der Waals surface area contributed by atoms with Crippen LogP contribution in [0.1, 0.15) is 34.7 Å². The predicted octanol–water partition coefficient (Wildman–Crippen LogP) is 6.35. The van der Waals surface area contributed by atoms with E-state index in [1.807, 2.05) is 55.1 Å². The van der Waals surface area contributed by atoms with Gasteiger partial charge in [-0.1, -0.05) is 35.3 Å². The van der Waals surface area contributed by atoms with Crippen molar-refractivity contribution in [3.05, 3.63) is 99.6 Å². The van der Waals surface area contributed by atoms with E-state index >= 15 is 0 Å². The number of rotatable bonds is 7. The van der Waals surface area contributed by atoms with Crippen molar-refractivity contribution in [2.45, 2.75) is 25.9 Å². The van der Waals surface area contributed by atoms with E-state index in [1.165, 1.54) is 7.11 Å². The zero-order valence-corrected chi connectivity index (χ0v) is 25.3. The number of pyridine rings is 1. The molecule has 1 aliphatic heterocycles. The first kappa shape index (κ1) is 28.2. The van der Waals surface area contributed by atoms with Crippen LogP contribution in [0.3, 0.4) is 0 Å². The molecular formula is C28H27Cl2N5O3S2. The van der Waals surface area contributed by atoms with Crippen LogP contribution in [0.15, 0.2) is 66.9 Å². The monoisotopic (exact) mass is 615 g/mol. The van der Waals surface area contributed by atoms with Crippen molar-refractivity contribution in [1.29, 1.82) is 0 Å². The summed E-state index contributed by atoms with van der Waals surface area (Å²) in [4.78, 5) is 6.61. The van der Waals surface area contributed by atoms with Crippen molar-refractivity contribution in [3.63, 3.8) is 0 Å². The molecule has 0 spiro atoms. The van der Waals surface area contributed by atoms with Gasteiger partial charge in [0.05, 0.1) is 52.6 Å². The number of nitrogens with zero attached hydrogens (tertiary/aromatic N) is 3. The second kappa shape index (κ2) is 10.9. The highest BCUT2D eigenvalue weighted by atomic mass is 35.5. The van der Waals surface area contributed by atoms with E-state index in [1.54, 1.807) is 24.4 Å². The molecule has 0 amide bonds. The molecule has 12 heteroatoms. The fourth-order valence-electron chi connectivity index (χ4n) is 5.20. The van der Waals surface area contributed by atoms with Gasteiger partial charge in [0.25, 0.3) is 0 Å². The Labute approximate surface area is 248 Å². The number of sulfonamides is 1. The maximum atomic E-state index is 12.1. The number of aryl methyl sites for hydroxylation is 1. The van der Waals surface area contributed by atoms with Crippen LogP contribution in [0.25, 0.3) is 5.69 Å². The molecule has 5 rings (SSSR count). The maximum absolute atomic E-state index is 12.1. The summed E-state index contributed by atoms with van der Waals surface area (Å²) in [5, 5.41) is 4.85. The third-order valence-corrected chi connectivity index (χ3v) is 8.53. The summed E-state index contributed by atoms with van der Waals surface area (Å²) in [6.45, 7) is 4.04. The summed E-state index contributed by atoms with van der Waals surface area (Å²) < 4.78 is 34.3. The van der Waals surface area contributed by atoms with Crippen LogP contribution >= 0.6 is 35.4 Å². The number of benzene rings is 2. The summed E-state index contributed by atoms with van der Waals surface area (Å²) in [7, 11) is -2.08. The summed E-state index contributed by atoms with van der Waals surface area (Å²) >= 11 is 18.9. The molecular weight excluding hydrogens is 589 g/mol. The molecule has 0 aliphatic carbocycles. The van der Waals surface area contributed by atoms with E-state index in [-0.39, 0.29) is 12.1 Å². The minimum atomic E-state index is -3.56.